The number of rotatable bonds is 5. The van der Waals surface area contributed by atoms with Crippen LogP contribution in [0.5, 0.6) is 0 Å². The van der Waals surface area contributed by atoms with Gasteiger partial charge in [0.1, 0.15) is 0 Å². The Bertz CT molecular complexity index is 689. The van der Waals surface area contributed by atoms with Crippen LogP contribution in [0.25, 0.3) is 6.08 Å². The molecule has 0 radical (unpaired) electrons. The van der Waals surface area contributed by atoms with Crippen molar-refractivity contribution in [2.24, 2.45) is 7.05 Å². The highest BCUT2D eigenvalue weighted by atomic mass is 16.4. The highest BCUT2D eigenvalue weighted by Gasteiger charge is 2.03. The Hall–Kier alpha value is -2.89. The van der Waals surface area contributed by atoms with Crippen molar-refractivity contribution in [1.29, 1.82) is 0 Å². The van der Waals surface area contributed by atoms with Gasteiger partial charge in [-0.3, -0.25) is 14.3 Å². The van der Waals surface area contributed by atoms with E-state index < -0.39 is 5.97 Å². The van der Waals surface area contributed by atoms with Crippen molar-refractivity contribution in [3.05, 3.63) is 53.9 Å². The number of carboxylic acids is 1. The van der Waals surface area contributed by atoms with Gasteiger partial charge in [-0.2, -0.15) is 5.10 Å². The first-order valence-corrected chi connectivity index (χ1v) is 6.31. The van der Waals surface area contributed by atoms with E-state index in [2.05, 4.69) is 10.4 Å². The highest BCUT2D eigenvalue weighted by molar-refractivity contribution is 6.01. The van der Waals surface area contributed by atoms with Crippen LogP contribution in [0, 0.1) is 0 Å². The molecule has 1 aromatic heterocycles. The van der Waals surface area contributed by atoms with Crippen molar-refractivity contribution in [2.45, 2.75) is 6.42 Å². The number of carbonyl (C=O) groups excluding carboxylic acids is 1. The zero-order valence-electron chi connectivity index (χ0n) is 11.5. The summed E-state index contributed by atoms with van der Waals surface area (Å²) in [5, 5.41) is 15.4. The molecule has 0 aliphatic rings. The lowest BCUT2D eigenvalue weighted by Gasteiger charge is -2.04. The molecule has 6 nitrogen and oxygen atoms in total. The minimum absolute atomic E-state index is 0.0742. The fourth-order valence-corrected chi connectivity index (χ4v) is 1.82. The minimum Gasteiger partial charge on any atom is -0.481 e. The molecule has 0 unspecified atom stereocenters. The van der Waals surface area contributed by atoms with Crippen LogP contribution in [0.1, 0.15) is 11.1 Å². The molecule has 0 saturated heterocycles. The van der Waals surface area contributed by atoms with E-state index in [9.17, 15) is 9.59 Å². The third kappa shape index (κ3) is 4.61. The standard InChI is InChI=1S/C15H15N3O3/c1-18-10-12(9-16-18)5-6-14(19)17-13-4-2-3-11(7-13)8-15(20)21/h2-7,9-10H,8H2,1H3,(H,17,19)(H,20,21). The van der Waals surface area contributed by atoms with Crippen molar-refractivity contribution in [2.75, 3.05) is 5.32 Å². The molecule has 2 N–H and O–H groups in total. The van der Waals surface area contributed by atoms with E-state index >= 15 is 0 Å². The quantitative estimate of drug-likeness (QED) is 0.819. The van der Waals surface area contributed by atoms with Crippen LogP contribution >= 0.6 is 0 Å². The van der Waals surface area contributed by atoms with Gasteiger partial charge in [-0.25, -0.2) is 0 Å². The third-order valence-electron chi connectivity index (χ3n) is 2.70. The second-order valence-electron chi connectivity index (χ2n) is 4.54. The second kappa shape index (κ2) is 6.51. The van der Waals surface area contributed by atoms with Crippen LogP contribution in [0.4, 0.5) is 5.69 Å². The number of nitrogens with one attached hydrogen (secondary N) is 1. The summed E-state index contributed by atoms with van der Waals surface area (Å²) in [7, 11) is 1.80. The highest BCUT2D eigenvalue weighted by Crippen LogP contribution is 2.11. The van der Waals surface area contributed by atoms with E-state index in [-0.39, 0.29) is 12.3 Å². The summed E-state index contributed by atoms with van der Waals surface area (Å²) in [5.74, 6) is -1.19. The maximum atomic E-state index is 11.8. The lowest BCUT2D eigenvalue weighted by Crippen LogP contribution is -2.08. The first kappa shape index (κ1) is 14.5. The van der Waals surface area contributed by atoms with Gasteiger partial charge in [0, 0.05) is 30.6 Å². The van der Waals surface area contributed by atoms with Crippen molar-refractivity contribution in [3.8, 4) is 0 Å². The molecule has 0 fully saturated rings. The first-order valence-electron chi connectivity index (χ1n) is 6.31. The van der Waals surface area contributed by atoms with E-state index in [1.165, 1.54) is 6.08 Å². The Morgan fingerprint density at radius 2 is 2.24 bits per heavy atom. The average molecular weight is 285 g/mol. The van der Waals surface area contributed by atoms with Crippen molar-refractivity contribution in [3.63, 3.8) is 0 Å². The molecule has 0 aliphatic heterocycles. The topological polar surface area (TPSA) is 84.2 Å². The molecule has 0 spiro atoms. The average Bonchev–Trinajstić information content (AvgIpc) is 2.82. The number of nitrogens with zero attached hydrogens (tertiary/aromatic N) is 2. The van der Waals surface area contributed by atoms with Gasteiger partial charge in [0.15, 0.2) is 0 Å². The summed E-state index contributed by atoms with van der Waals surface area (Å²) in [6, 6.07) is 6.76. The molecule has 2 rings (SSSR count). The zero-order chi connectivity index (χ0) is 15.2. The SMILES string of the molecule is Cn1cc(C=CC(=O)Nc2cccc(CC(=O)O)c2)cn1. The molecular weight excluding hydrogens is 270 g/mol. The molecule has 2 aromatic rings. The number of aryl methyl sites for hydroxylation is 1. The van der Waals surface area contributed by atoms with Crippen LogP contribution < -0.4 is 5.32 Å². The van der Waals surface area contributed by atoms with Gasteiger partial charge in [-0.15, -0.1) is 0 Å². The number of benzene rings is 1. The van der Waals surface area contributed by atoms with Gasteiger partial charge in [0.05, 0.1) is 12.6 Å². The zero-order valence-corrected chi connectivity index (χ0v) is 11.5. The fraction of sp³-hybridized carbons (Fsp3) is 0.133. The van der Waals surface area contributed by atoms with Crippen LogP contribution in [-0.2, 0) is 23.1 Å². The lowest BCUT2D eigenvalue weighted by atomic mass is 10.1. The van der Waals surface area contributed by atoms with E-state index in [4.69, 9.17) is 5.11 Å². The Kier molecular flexibility index (Phi) is 4.50. The second-order valence-corrected chi connectivity index (χ2v) is 4.54. The number of carboxylic acid groups (broad SMARTS) is 1. The fourth-order valence-electron chi connectivity index (χ4n) is 1.82. The lowest BCUT2D eigenvalue weighted by molar-refractivity contribution is -0.136. The molecule has 0 saturated carbocycles. The predicted molar refractivity (Wildman–Crippen MR) is 78.7 cm³/mol. The number of amides is 1. The van der Waals surface area contributed by atoms with Gasteiger partial charge in [-0.05, 0) is 23.8 Å². The molecule has 6 heteroatoms. The van der Waals surface area contributed by atoms with Crippen LogP contribution in [0.3, 0.4) is 0 Å². The normalized spacial score (nSPS) is 10.7. The maximum Gasteiger partial charge on any atom is 0.307 e. The number of hydrogen-bond donors (Lipinski definition) is 2. The number of aromatic nitrogens is 2. The third-order valence-corrected chi connectivity index (χ3v) is 2.70. The van der Waals surface area contributed by atoms with E-state index in [0.717, 1.165) is 5.56 Å². The summed E-state index contributed by atoms with van der Waals surface area (Å²) >= 11 is 0. The van der Waals surface area contributed by atoms with Crippen molar-refractivity contribution in [1.82, 2.24) is 9.78 Å². The molecule has 0 atom stereocenters. The smallest absolute Gasteiger partial charge is 0.307 e. The summed E-state index contributed by atoms with van der Waals surface area (Å²) in [5.41, 5.74) is 2.03. The summed E-state index contributed by atoms with van der Waals surface area (Å²) < 4.78 is 1.65. The van der Waals surface area contributed by atoms with Gasteiger partial charge in [-0.1, -0.05) is 12.1 Å². The van der Waals surface area contributed by atoms with Gasteiger partial charge in [0.25, 0.3) is 0 Å². The van der Waals surface area contributed by atoms with Gasteiger partial charge in [0.2, 0.25) is 5.91 Å². The Morgan fingerprint density at radius 3 is 2.90 bits per heavy atom. The summed E-state index contributed by atoms with van der Waals surface area (Å²) in [6.45, 7) is 0. The Morgan fingerprint density at radius 1 is 1.43 bits per heavy atom. The van der Waals surface area contributed by atoms with Crippen LogP contribution in [0.2, 0.25) is 0 Å². The Balaban J connectivity index is 1.99. The molecule has 1 aromatic carbocycles. The molecule has 0 bridgehead atoms. The maximum absolute atomic E-state index is 11.8. The molecule has 1 heterocycles. The number of hydrogen-bond acceptors (Lipinski definition) is 3. The molecular formula is C15H15N3O3. The number of carbonyl (C=O) groups is 2. The molecule has 21 heavy (non-hydrogen) atoms. The number of anilines is 1. The largest absolute Gasteiger partial charge is 0.481 e. The Labute approximate surface area is 121 Å². The number of aliphatic carboxylic acids is 1. The van der Waals surface area contributed by atoms with Crippen molar-refractivity contribution >= 4 is 23.6 Å². The van der Waals surface area contributed by atoms with Gasteiger partial charge < -0.3 is 10.4 Å². The predicted octanol–water partition coefficient (Wildman–Crippen LogP) is 1.70. The first-order chi connectivity index (χ1) is 10.0. The molecule has 1 amide bonds. The van der Waals surface area contributed by atoms with Crippen molar-refractivity contribution < 1.29 is 14.7 Å². The van der Waals surface area contributed by atoms with Crippen LogP contribution in [-0.4, -0.2) is 26.8 Å². The molecule has 108 valence electrons. The van der Waals surface area contributed by atoms with E-state index in [1.54, 1.807) is 54.5 Å². The summed E-state index contributed by atoms with van der Waals surface area (Å²) in [6.07, 6.45) is 6.42. The minimum atomic E-state index is -0.907. The molecule has 0 aliphatic carbocycles. The van der Waals surface area contributed by atoms with E-state index in [1.807, 2.05) is 0 Å². The van der Waals surface area contributed by atoms with E-state index in [0.29, 0.717) is 11.3 Å². The van der Waals surface area contributed by atoms with Gasteiger partial charge >= 0.3 is 5.97 Å². The summed E-state index contributed by atoms with van der Waals surface area (Å²) in [4.78, 5) is 22.4. The van der Waals surface area contributed by atoms with Crippen LogP contribution in [0.15, 0.2) is 42.7 Å². The monoisotopic (exact) mass is 285 g/mol.